The van der Waals surface area contributed by atoms with E-state index >= 15 is 0 Å². The molecular weight excluding hydrogens is 293 g/mol. The van der Waals surface area contributed by atoms with Crippen molar-refractivity contribution in [2.24, 2.45) is 5.92 Å². The van der Waals surface area contributed by atoms with Gasteiger partial charge in [0.15, 0.2) is 0 Å². The lowest BCUT2D eigenvalue weighted by molar-refractivity contribution is -0.387. The van der Waals surface area contributed by atoms with Crippen molar-refractivity contribution < 1.29 is 18.9 Å². The van der Waals surface area contributed by atoms with Crippen LogP contribution in [0.2, 0.25) is 0 Å². The summed E-state index contributed by atoms with van der Waals surface area (Å²) >= 11 is 0. The second-order valence-corrected chi connectivity index (χ2v) is 5.45. The molecule has 1 atom stereocenters. The average Bonchev–Trinajstić information content (AvgIpc) is 2.83. The molecule has 1 fully saturated rings. The molecule has 0 saturated carbocycles. The number of hydrogen-bond acceptors (Lipinski definition) is 4. The van der Waals surface area contributed by atoms with Crippen molar-refractivity contribution in [3.05, 3.63) is 34.1 Å². The molecule has 22 heavy (non-hydrogen) atoms. The first-order chi connectivity index (χ1) is 10.3. The number of likely N-dealkylation sites (tertiary alicyclic amines) is 1. The van der Waals surface area contributed by atoms with Crippen molar-refractivity contribution in [2.45, 2.75) is 26.3 Å². The summed E-state index contributed by atoms with van der Waals surface area (Å²) in [5.74, 6) is -1.98. The Morgan fingerprint density at radius 2 is 2.18 bits per heavy atom. The second kappa shape index (κ2) is 6.08. The first-order valence-electron chi connectivity index (χ1n) is 6.84. The average molecular weight is 309 g/mol. The van der Waals surface area contributed by atoms with Crippen molar-refractivity contribution in [1.82, 2.24) is 4.90 Å². The minimum Gasteiger partial charge on any atom is -0.339 e. The van der Waals surface area contributed by atoms with E-state index in [1.165, 1.54) is 6.07 Å². The fraction of sp³-hybridized carbons (Fsp3) is 0.429. The molecule has 1 heterocycles. The molecular formula is C14H16FN3O4. The third-order valence-corrected chi connectivity index (χ3v) is 3.56. The summed E-state index contributed by atoms with van der Waals surface area (Å²) < 4.78 is 13.2. The van der Waals surface area contributed by atoms with Crippen LogP contribution in [0.15, 0.2) is 18.2 Å². The number of rotatable bonds is 4. The number of anilines is 1. The lowest BCUT2D eigenvalue weighted by Gasteiger charge is -2.20. The van der Waals surface area contributed by atoms with Gasteiger partial charge < -0.3 is 10.2 Å². The van der Waals surface area contributed by atoms with Crippen molar-refractivity contribution in [2.75, 3.05) is 11.9 Å². The van der Waals surface area contributed by atoms with Gasteiger partial charge in [0.2, 0.25) is 17.6 Å². The summed E-state index contributed by atoms with van der Waals surface area (Å²) in [6.07, 6.45) is 0.104. The number of hydrogen-bond donors (Lipinski definition) is 1. The molecule has 0 aromatic heterocycles. The highest BCUT2D eigenvalue weighted by molar-refractivity contribution is 5.97. The molecule has 0 unspecified atom stereocenters. The van der Waals surface area contributed by atoms with E-state index in [0.717, 1.165) is 12.1 Å². The first kappa shape index (κ1) is 15.9. The third-order valence-electron chi connectivity index (χ3n) is 3.56. The number of nitrogens with one attached hydrogen (secondary N) is 1. The Morgan fingerprint density at radius 3 is 2.73 bits per heavy atom. The summed E-state index contributed by atoms with van der Waals surface area (Å²) in [5.41, 5.74) is -0.572. The van der Waals surface area contributed by atoms with Crippen LogP contribution in [0.25, 0.3) is 0 Å². The van der Waals surface area contributed by atoms with E-state index in [1.54, 1.807) is 4.90 Å². The Hall–Kier alpha value is -2.51. The Morgan fingerprint density at radius 1 is 1.50 bits per heavy atom. The third kappa shape index (κ3) is 3.21. The van der Waals surface area contributed by atoms with Gasteiger partial charge in [0.05, 0.1) is 10.8 Å². The molecule has 0 aliphatic carbocycles. The van der Waals surface area contributed by atoms with E-state index < -0.39 is 28.3 Å². The lowest BCUT2D eigenvalue weighted by Crippen LogP contribution is -2.33. The fourth-order valence-electron chi connectivity index (χ4n) is 2.38. The molecule has 0 radical (unpaired) electrons. The van der Waals surface area contributed by atoms with Crippen LogP contribution >= 0.6 is 0 Å². The molecule has 1 N–H and O–H groups in total. The number of carbonyl (C=O) groups excluding carboxylic acids is 2. The van der Waals surface area contributed by atoms with Gasteiger partial charge in [-0.2, -0.15) is 4.39 Å². The fourth-order valence-corrected chi connectivity index (χ4v) is 2.38. The summed E-state index contributed by atoms with van der Waals surface area (Å²) in [4.78, 5) is 35.3. The van der Waals surface area contributed by atoms with Gasteiger partial charge in [-0.15, -0.1) is 0 Å². The van der Waals surface area contributed by atoms with E-state index in [9.17, 15) is 24.1 Å². The van der Waals surface area contributed by atoms with Gasteiger partial charge in [0.25, 0.3) is 0 Å². The van der Waals surface area contributed by atoms with Crippen LogP contribution in [0.3, 0.4) is 0 Å². The predicted molar refractivity (Wildman–Crippen MR) is 76.6 cm³/mol. The molecule has 1 saturated heterocycles. The molecule has 1 aromatic rings. The van der Waals surface area contributed by atoms with Crippen molar-refractivity contribution in [3.63, 3.8) is 0 Å². The van der Waals surface area contributed by atoms with Crippen LogP contribution in [0, 0.1) is 21.8 Å². The monoisotopic (exact) mass is 309 g/mol. The zero-order valence-corrected chi connectivity index (χ0v) is 12.2. The summed E-state index contributed by atoms with van der Waals surface area (Å²) in [6.45, 7) is 4.04. The molecule has 2 rings (SSSR count). The lowest BCUT2D eigenvalue weighted by atomic mass is 10.1. The Bertz CT molecular complexity index is 633. The molecule has 2 amide bonds. The Balaban J connectivity index is 2.09. The van der Waals surface area contributed by atoms with Gasteiger partial charge in [0.1, 0.15) is 0 Å². The normalized spacial score (nSPS) is 17.9. The van der Waals surface area contributed by atoms with E-state index in [1.807, 2.05) is 13.8 Å². The Kier molecular flexibility index (Phi) is 4.39. The zero-order chi connectivity index (χ0) is 16.4. The second-order valence-electron chi connectivity index (χ2n) is 5.45. The highest BCUT2D eigenvalue weighted by Crippen LogP contribution is 2.24. The van der Waals surface area contributed by atoms with Crippen LogP contribution in [-0.2, 0) is 9.59 Å². The maximum atomic E-state index is 13.2. The van der Waals surface area contributed by atoms with E-state index in [0.29, 0.717) is 6.54 Å². The highest BCUT2D eigenvalue weighted by atomic mass is 19.1. The molecule has 1 aromatic carbocycles. The molecule has 118 valence electrons. The van der Waals surface area contributed by atoms with Crippen LogP contribution in [0.4, 0.5) is 15.8 Å². The van der Waals surface area contributed by atoms with Crippen LogP contribution < -0.4 is 5.32 Å². The van der Waals surface area contributed by atoms with E-state index in [2.05, 4.69) is 5.32 Å². The van der Waals surface area contributed by atoms with Crippen molar-refractivity contribution >= 4 is 23.2 Å². The van der Waals surface area contributed by atoms with Crippen molar-refractivity contribution in [1.29, 1.82) is 0 Å². The quantitative estimate of drug-likeness (QED) is 0.679. The van der Waals surface area contributed by atoms with E-state index in [-0.39, 0.29) is 24.1 Å². The zero-order valence-electron chi connectivity index (χ0n) is 12.2. The number of halogens is 1. The summed E-state index contributed by atoms with van der Waals surface area (Å²) in [7, 11) is 0. The number of benzene rings is 1. The SMILES string of the molecule is CC(C)N1C[C@@H](C(=O)Nc2ccc(F)c([N+](=O)[O-])c2)CC1=O. The van der Waals surface area contributed by atoms with Crippen molar-refractivity contribution in [3.8, 4) is 0 Å². The predicted octanol–water partition coefficient (Wildman–Crippen LogP) is 1.93. The van der Waals surface area contributed by atoms with Gasteiger partial charge in [-0.25, -0.2) is 0 Å². The molecule has 7 nitrogen and oxygen atoms in total. The van der Waals surface area contributed by atoms with E-state index in [4.69, 9.17) is 0 Å². The number of amides is 2. The molecule has 0 bridgehead atoms. The molecule has 0 spiro atoms. The van der Waals surface area contributed by atoms with Gasteiger partial charge in [-0.1, -0.05) is 0 Å². The number of carbonyl (C=O) groups is 2. The Labute approximate surface area is 126 Å². The maximum absolute atomic E-state index is 13.2. The number of nitrogens with zero attached hydrogens (tertiary/aromatic N) is 2. The van der Waals surface area contributed by atoms with Crippen LogP contribution in [0.1, 0.15) is 20.3 Å². The standard InChI is InChI=1S/C14H16FN3O4/c1-8(2)17-7-9(5-13(17)19)14(20)16-10-3-4-11(15)12(6-10)18(21)22/h3-4,6,8-9H,5,7H2,1-2H3,(H,16,20)/t9-/m0/s1. The minimum atomic E-state index is -0.968. The van der Waals surface area contributed by atoms with Gasteiger partial charge in [-0.05, 0) is 26.0 Å². The van der Waals surface area contributed by atoms with Gasteiger partial charge in [0, 0.05) is 30.8 Å². The minimum absolute atomic E-state index is 0.0113. The van der Waals surface area contributed by atoms with Gasteiger partial charge in [-0.3, -0.25) is 19.7 Å². The highest BCUT2D eigenvalue weighted by Gasteiger charge is 2.35. The largest absolute Gasteiger partial charge is 0.339 e. The maximum Gasteiger partial charge on any atom is 0.306 e. The molecule has 1 aliphatic rings. The molecule has 8 heteroatoms. The number of nitro benzene ring substituents is 1. The summed E-state index contributed by atoms with van der Waals surface area (Å²) in [5, 5.41) is 13.2. The summed E-state index contributed by atoms with van der Waals surface area (Å²) in [6, 6.07) is 3.15. The smallest absolute Gasteiger partial charge is 0.306 e. The van der Waals surface area contributed by atoms with Crippen LogP contribution in [-0.4, -0.2) is 34.2 Å². The number of nitro groups is 1. The topological polar surface area (TPSA) is 92.6 Å². The van der Waals surface area contributed by atoms with Gasteiger partial charge >= 0.3 is 5.69 Å². The first-order valence-corrected chi connectivity index (χ1v) is 6.84. The molecule has 1 aliphatic heterocycles. The van der Waals surface area contributed by atoms with Crippen LogP contribution in [0.5, 0.6) is 0 Å².